The van der Waals surface area contributed by atoms with Crippen molar-refractivity contribution in [2.75, 3.05) is 0 Å². The van der Waals surface area contributed by atoms with Crippen LogP contribution in [0.25, 0.3) is 0 Å². The molecule has 1 aliphatic rings. The van der Waals surface area contributed by atoms with Crippen LogP contribution in [-0.2, 0) is 0 Å². The normalized spacial score (nSPS) is 16.8. The van der Waals surface area contributed by atoms with Crippen molar-refractivity contribution >= 4 is 18.1 Å². The molecule has 1 aromatic carbocycles. The van der Waals surface area contributed by atoms with Crippen molar-refractivity contribution in [3.8, 4) is 0 Å². The second-order valence-corrected chi connectivity index (χ2v) is 4.18. The Bertz CT molecular complexity index is 424. The van der Waals surface area contributed by atoms with E-state index >= 15 is 0 Å². The lowest BCUT2D eigenvalue weighted by atomic mass is 9.77. The number of nitro groups is 1. The van der Waals surface area contributed by atoms with Crippen LogP contribution in [0.2, 0.25) is 0 Å². The molecular formula is C11H14ClFN2O2. The highest BCUT2D eigenvalue weighted by molar-refractivity contribution is 5.85. The third-order valence-electron chi connectivity index (χ3n) is 3.21. The van der Waals surface area contributed by atoms with Gasteiger partial charge in [-0.1, -0.05) is 6.42 Å². The number of nitro benzene ring substituents is 1. The maximum absolute atomic E-state index is 12.9. The van der Waals surface area contributed by atoms with E-state index in [4.69, 9.17) is 5.73 Å². The number of rotatable bonds is 3. The molecular weight excluding hydrogens is 247 g/mol. The summed E-state index contributed by atoms with van der Waals surface area (Å²) in [7, 11) is 0. The van der Waals surface area contributed by atoms with Crippen molar-refractivity contribution in [2.24, 2.45) is 11.7 Å². The largest absolute Gasteiger partial charge is 0.324 e. The molecule has 0 aliphatic heterocycles. The number of nitrogens with zero attached hydrogens (tertiary/aromatic N) is 1. The van der Waals surface area contributed by atoms with Gasteiger partial charge in [-0.05, 0) is 30.9 Å². The summed E-state index contributed by atoms with van der Waals surface area (Å²) >= 11 is 0. The first kappa shape index (κ1) is 13.9. The number of nitrogens with two attached hydrogens (primary N) is 1. The minimum Gasteiger partial charge on any atom is -0.324 e. The van der Waals surface area contributed by atoms with Gasteiger partial charge in [-0.25, -0.2) is 4.39 Å². The molecule has 1 aromatic rings. The molecule has 1 saturated carbocycles. The standard InChI is InChI=1S/C11H13FN2O2.ClH/c12-8-4-5-9(10(6-8)14(15)16)11(13)7-2-1-3-7;/h4-7,11H,1-3,13H2;1H/t11-;/m0./s1. The molecule has 0 unspecified atom stereocenters. The topological polar surface area (TPSA) is 69.2 Å². The molecule has 17 heavy (non-hydrogen) atoms. The first-order valence-electron chi connectivity index (χ1n) is 5.29. The second-order valence-electron chi connectivity index (χ2n) is 4.18. The fourth-order valence-corrected chi connectivity index (χ4v) is 2.01. The lowest BCUT2D eigenvalue weighted by molar-refractivity contribution is -0.386. The molecule has 0 aromatic heterocycles. The van der Waals surface area contributed by atoms with E-state index in [2.05, 4.69) is 0 Å². The fraction of sp³-hybridized carbons (Fsp3) is 0.455. The van der Waals surface area contributed by atoms with E-state index in [0.29, 0.717) is 11.5 Å². The Morgan fingerprint density at radius 3 is 2.59 bits per heavy atom. The van der Waals surface area contributed by atoms with Gasteiger partial charge >= 0.3 is 0 Å². The summed E-state index contributed by atoms with van der Waals surface area (Å²) in [4.78, 5) is 10.2. The highest BCUT2D eigenvalue weighted by Crippen LogP contribution is 2.39. The van der Waals surface area contributed by atoms with Crippen LogP contribution in [0.3, 0.4) is 0 Å². The summed E-state index contributed by atoms with van der Waals surface area (Å²) < 4.78 is 12.9. The smallest absolute Gasteiger partial charge is 0.277 e. The summed E-state index contributed by atoms with van der Waals surface area (Å²) in [5.41, 5.74) is 6.19. The predicted molar refractivity (Wildman–Crippen MR) is 64.6 cm³/mol. The van der Waals surface area contributed by atoms with Crippen LogP contribution in [0.5, 0.6) is 0 Å². The maximum Gasteiger partial charge on any atom is 0.277 e. The van der Waals surface area contributed by atoms with Crippen molar-refractivity contribution in [3.63, 3.8) is 0 Å². The average molecular weight is 261 g/mol. The molecule has 0 saturated heterocycles. The van der Waals surface area contributed by atoms with E-state index in [0.717, 1.165) is 25.3 Å². The van der Waals surface area contributed by atoms with Crippen LogP contribution in [-0.4, -0.2) is 4.92 Å². The lowest BCUT2D eigenvalue weighted by Gasteiger charge is -2.31. The van der Waals surface area contributed by atoms with E-state index in [1.54, 1.807) is 0 Å². The van der Waals surface area contributed by atoms with Crippen molar-refractivity contribution in [1.29, 1.82) is 0 Å². The van der Waals surface area contributed by atoms with Gasteiger partial charge in [0.15, 0.2) is 0 Å². The van der Waals surface area contributed by atoms with Crippen molar-refractivity contribution < 1.29 is 9.31 Å². The molecule has 94 valence electrons. The van der Waals surface area contributed by atoms with Gasteiger partial charge in [0.05, 0.1) is 11.0 Å². The first-order valence-corrected chi connectivity index (χ1v) is 5.29. The van der Waals surface area contributed by atoms with Gasteiger partial charge in [0.2, 0.25) is 0 Å². The summed E-state index contributed by atoms with van der Waals surface area (Å²) in [6.45, 7) is 0. The Labute approximate surface area is 105 Å². The Kier molecular flexibility index (Phi) is 4.42. The van der Waals surface area contributed by atoms with Crippen LogP contribution in [0.4, 0.5) is 10.1 Å². The monoisotopic (exact) mass is 260 g/mol. The quantitative estimate of drug-likeness (QED) is 0.671. The van der Waals surface area contributed by atoms with E-state index < -0.39 is 10.7 Å². The number of halogens is 2. The molecule has 0 amide bonds. The predicted octanol–water partition coefficient (Wildman–Crippen LogP) is 2.96. The van der Waals surface area contributed by atoms with E-state index in [9.17, 15) is 14.5 Å². The molecule has 1 atom stereocenters. The van der Waals surface area contributed by atoms with Gasteiger partial charge in [-0.3, -0.25) is 10.1 Å². The zero-order valence-corrected chi connectivity index (χ0v) is 9.95. The molecule has 1 fully saturated rings. The van der Waals surface area contributed by atoms with Gasteiger partial charge in [0.25, 0.3) is 5.69 Å². The second kappa shape index (κ2) is 5.42. The van der Waals surface area contributed by atoms with E-state index in [1.807, 2.05) is 0 Å². The molecule has 0 radical (unpaired) electrons. The molecule has 2 rings (SSSR count). The summed E-state index contributed by atoms with van der Waals surface area (Å²) in [5, 5.41) is 10.8. The molecule has 0 bridgehead atoms. The molecule has 6 heteroatoms. The molecule has 2 N–H and O–H groups in total. The molecule has 0 spiro atoms. The number of benzene rings is 1. The minimum absolute atomic E-state index is 0. The molecule has 4 nitrogen and oxygen atoms in total. The summed E-state index contributed by atoms with van der Waals surface area (Å²) in [6, 6.07) is 3.24. The summed E-state index contributed by atoms with van der Waals surface area (Å²) in [5.74, 6) is -0.305. The van der Waals surface area contributed by atoms with Gasteiger partial charge in [0, 0.05) is 11.6 Å². The highest BCUT2D eigenvalue weighted by atomic mass is 35.5. The van der Waals surface area contributed by atoms with Gasteiger partial charge in [0.1, 0.15) is 5.82 Å². The van der Waals surface area contributed by atoms with Crippen LogP contribution >= 0.6 is 12.4 Å². The highest BCUT2D eigenvalue weighted by Gasteiger charge is 2.30. The first-order chi connectivity index (χ1) is 7.59. The van der Waals surface area contributed by atoms with Crippen molar-refractivity contribution in [3.05, 3.63) is 39.7 Å². The third kappa shape index (κ3) is 2.73. The van der Waals surface area contributed by atoms with Crippen LogP contribution in [0, 0.1) is 21.8 Å². The van der Waals surface area contributed by atoms with Gasteiger partial charge in [-0.2, -0.15) is 0 Å². The SMILES string of the molecule is Cl.N[C@H](c1ccc(F)cc1[N+](=O)[O-])C1CCC1. The van der Waals surface area contributed by atoms with Crippen molar-refractivity contribution in [1.82, 2.24) is 0 Å². The Hall–Kier alpha value is -1.20. The summed E-state index contributed by atoms with van der Waals surface area (Å²) in [6.07, 6.45) is 3.11. The van der Waals surface area contributed by atoms with Crippen LogP contribution in [0.15, 0.2) is 18.2 Å². The fourth-order valence-electron chi connectivity index (χ4n) is 2.01. The lowest BCUT2D eigenvalue weighted by Crippen LogP contribution is -2.27. The Balaban J connectivity index is 0.00000144. The average Bonchev–Trinajstić information content (AvgIpc) is 2.14. The number of hydrogen-bond acceptors (Lipinski definition) is 3. The van der Waals surface area contributed by atoms with Gasteiger partial charge < -0.3 is 5.73 Å². The van der Waals surface area contributed by atoms with Crippen LogP contribution < -0.4 is 5.73 Å². The van der Waals surface area contributed by atoms with E-state index in [-0.39, 0.29) is 24.1 Å². The van der Waals surface area contributed by atoms with Crippen molar-refractivity contribution in [2.45, 2.75) is 25.3 Å². The van der Waals surface area contributed by atoms with Gasteiger partial charge in [-0.15, -0.1) is 12.4 Å². The Morgan fingerprint density at radius 2 is 2.12 bits per heavy atom. The Morgan fingerprint density at radius 1 is 1.47 bits per heavy atom. The molecule has 1 aliphatic carbocycles. The minimum atomic E-state index is -0.601. The third-order valence-corrected chi connectivity index (χ3v) is 3.21. The van der Waals surface area contributed by atoms with E-state index in [1.165, 1.54) is 12.1 Å². The zero-order valence-electron chi connectivity index (χ0n) is 9.14. The maximum atomic E-state index is 12.9. The molecule has 0 heterocycles. The zero-order chi connectivity index (χ0) is 11.7. The number of hydrogen-bond donors (Lipinski definition) is 1. The van der Waals surface area contributed by atoms with Crippen LogP contribution in [0.1, 0.15) is 30.9 Å².